The summed E-state index contributed by atoms with van der Waals surface area (Å²) >= 11 is 0. The molecule has 0 radical (unpaired) electrons. The van der Waals surface area contributed by atoms with Crippen LogP contribution in [-0.4, -0.2) is 26.8 Å². The van der Waals surface area contributed by atoms with E-state index in [1.54, 1.807) is 12.4 Å². The molecule has 2 amide bonds. The van der Waals surface area contributed by atoms with Gasteiger partial charge < -0.3 is 10.6 Å². The van der Waals surface area contributed by atoms with Gasteiger partial charge in [0.15, 0.2) is 5.65 Å². The molecular weight excluding hydrogens is 314 g/mol. The summed E-state index contributed by atoms with van der Waals surface area (Å²) in [7, 11) is 0. The molecule has 25 heavy (non-hydrogen) atoms. The number of pyridine rings is 1. The highest BCUT2D eigenvalue weighted by molar-refractivity contribution is 5.91. The number of nitrogens with zero attached hydrogens (tertiary/aromatic N) is 3. The van der Waals surface area contributed by atoms with Gasteiger partial charge in [-0.05, 0) is 31.9 Å². The Labute approximate surface area is 146 Å². The van der Waals surface area contributed by atoms with E-state index in [1.807, 2.05) is 28.9 Å². The number of carbonyl (C=O) groups is 1. The van der Waals surface area contributed by atoms with E-state index in [9.17, 15) is 4.79 Å². The first kappa shape index (κ1) is 15.6. The van der Waals surface area contributed by atoms with E-state index < -0.39 is 0 Å². The summed E-state index contributed by atoms with van der Waals surface area (Å²) < 4.78 is 1.87. The quantitative estimate of drug-likeness (QED) is 0.764. The van der Waals surface area contributed by atoms with E-state index >= 15 is 0 Å². The maximum absolute atomic E-state index is 12.2. The number of hydrogen-bond donors (Lipinski definition) is 2. The van der Waals surface area contributed by atoms with Gasteiger partial charge in [-0.3, -0.25) is 0 Å². The van der Waals surface area contributed by atoms with Gasteiger partial charge in [0, 0.05) is 23.4 Å². The molecule has 2 atom stereocenters. The van der Waals surface area contributed by atoms with Crippen LogP contribution in [0.4, 0.5) is 10.5 Å². The van der Waals surface area contributed by atoms with Gasteiger partial charge >= 0.3 is 6.03 Å². The van der Waals surface area contributed by atoms with Crippen LogP contribution in [0.1, 0.15) is 37.8 Å². The molecule has 4 rings (SSSR count). The van der Waals surface area contributed by atoms with Gasteiger partial charge in [-0.1, -0.05) is 30.3 Å². The lowest BCUT2D eigenvalue weighted by Gasteiger charge is -2.09. The molecule has 0 unspecified atom stereocenters. The Hall–Kier alpha value is -2.89. The maximum atomic E-state index is 12.2. The van der Waals surface area contributed by atoms with Gasteiger partial charge in [-0.25, -0.2) is 14.5 Å². The fourth-order valence-corrected chi connectivity index (χ4v) is 3.15. The highest BCUT2D eigenvalue weighted by atomic mass is 16.2. The zero-order valence-corrected chi connectivity index (χ0v) is 14.3. The van der Waals surface area contributed by atoms with Crippen molar-refractivity contribution in [2.24, 2.45) is 0 Å². The molecule has 1 aliphatic rings. The Morgan fingerprint density at radius 2 is 2.04 bits per heavy atom. The van der Waals surface area contributed by atoms with E-state index in [0.29, 0.717) is 11.6 Å². The number of carbonyl (C=O) groups excluding carboxylic acids is 1. The highest BCUT2D eigenvalue weighted by Gasteiger charge is 2.39. The number of amides is 2. The molecule has 1 aromatic carbocycles. The molecule has 0 spiro atoms. The summed E-state index contributed by atoms with van der Waals surface area (Å²) in [6, 6.07) is 12.4. The predicted octanol–water partition coefficient (Wildman–Crippen LogP) is 3.69. The maximum Gasteiger partial charge on any atom is 0.319 e. The van der Waals surface area contributed by atoms with Crippen LogP contribution >= 0.6 is 0 Å². The van der Waals surface area contributed by atoms with Crippen molar-refractivity contribution in [1.82, 2.24) is 20.1 Å². The minimum Gasteiger partial charge on any atom is -0.334 e. The zero-order chi connectivity index (χ0) is 17.4. The molecule has 1 saturated carbocycles. The fraction of sp³-hybridized carbons (Fsp3) is 0.316. The van der Waals surface area contributed by atoms with E-state index in [0.717, 1.165) is 17.5 Å². The average molecular weight is 335 g/mol. The Kier molecular flexibility index (Phi) is 3.87. The third-order valence-corrected chi connectivity index (χ3v) is 4.52. The zero-order valence-electron chi connectivity index (χ0n) is 14.3. The average Bonchev–Trinajstić information content (AvgIpc) is 3.22. The smallest absolute Gasteiger partial charge is 0.319 e. The van der Waals surface area contributed by atoms with Crippen LogP contribution in [0.3, 0.4) is 0 Å². The van der Waals surface area contributed by atoms with Crippen LogP contribution in [0.5, 0.6) is 0 Å². The summed E-state index contributed by atoms with van der Waals surface area (Å²) in [6.45, 7) is 4.12. The topological polar surface area (TPSA) is 71.8 Å². The normalized spacial score (nSPS) is 19.2. The van der Waals surface area contributed by atoms with Crippen molar-refractivity contribution in [3.8, 4) is 0 Å². The first-order chi connectivity index (χ1) is 12.1. The molecule has 2 N–H and O–H groups in total. The van der Waals surface area contributed by atoms with Crippen LogP contribution in [0.2, 0.25) is 0 Å². The Balaban J connectivity index is 1.39. The van der Waals surface area contributed by atoms with Crippen LogP contribution in [0.15, 0.2) is 48.8 Å². The number of fused-ring (bicyclic) bond motifs is 1. The molecule has 1 fully saturated rings. The number of urea groups is 1. The van der Waals surface area contributed by atoms with Crippen molar-refractivity contribution in [2.75, 3.05) is 5.32 Å². The van der Waals surface area contributed by atoms with E-state index in [4.69, 9.17) is 0 Å². The lowest BCUT2D eigenvalue weighted by molar-refractivity contribution is 0.251. The predicted molar refractivity (Wildman–Crippen MR) is 97.7 cm³/mol. The number of hydrogen-bond acceptors (Lipinski definition) is 3. The van der Waals surface area contributed by atoms with Gasteiger partial charge in [0.1, 0.15) is 0 Å². The van der Waals surface area contributed by atoms with Crippen molar-refractivity contribution < 1.29 is 4.79 Å². The van der Waals surface area contributed by atoms with E-state index in [2.05, 4.69) is 46.7 Å². The highest BCUT2D eigenvalue weighted by Crippen LogP contribution is 2.40. The number of benzene rings is 1. The molecule has 1 aliphatic carbocycles. The van der Waals surface area contributed by atoms with Gasteiger partial charge in [0.25, 0.3) is 0 Å². The third kappa shape index (κ3) is 3.20. The Morgan fingerprint density at radius 3 is 2.80 bits per heavy atom. The number of aromatic nitrogens is 3. The third-order valence-electron chi connectivity index (χ3n) is 4.52. The standard InChI is InChI=1S/C19H21N5O/c1-12(2)24-18-14(10-21-24)8-15(11-20-18)22-19(25)23-17-9-16(17)13-6-4-3-5-7-13/h3-8,10-12,16-17H,9H2,1-2H3,(H2,22,23,25)/t16-,17+/m0/s1. The fourth-order valence-electron chi connectivity index (χ4n) is 3.15. The molecule has 0 bridgehead atoms. The molecule has 6 nitrogen and oxygen atoms in total. The molecule has 6 heteroatoms. The minimum atomic E-state index is -0.194. The minimum absolute atomic E-state index is 0.194. The summed E-state index contributed by atoms with van der Waals surface area (Å²) in [6.07, 6.45) is 4.43. The van der Waals surface area contributed by atoms with Crippen molar-refractivity contribution >= 4 is 22.8 Å². The lowest BCUT2D eigenvalue weighted by Crippen LogP contribution is -2.31. The second-order valence-corrected chi connectivity index (χ2v) is 6.78. The summed E-state index contributed by atoms with van der Waals surface area (Å²) in [5, 5.41) is 11.1. The summed E-state index contributed by atoms with van der Waals surface area (Å²) in [5.41, 5.74) is 2.77. The van der Waals surface area contributed by atoms with Crippen LogP contribution < -0.4 is 10.6 Å². The Bertz CT molecular complexity index is 903. The van der Waals surface area contributed by atoms with Gasteiger partial charge in [0.05, 0.1) is 18.1 Å². The summed E-state index contributed by atoms with van der Waals surface area (Å²) in [4.78, 5) is 16.6. The largest absolute Gasteiger partial charge is 0.334 e. The summed E-state index contributed by atoms with van der Waals surface area (Å²) in [5.74, 6) is 0.414. The first-order valence-corrected chi connectivity index (χ1v) is 8.57. The van der Waals surface area contributed by atoms with E-state index in [1.165, 1.54) is 5.56 Å². The van der Waals surface area contributed by atoms with Crippen molar-refractivity contribution in [1.29, 1.82) is 0 Å². The van der Waals surface area contributed by atoms with Crippen LogP contribution in [0, 0.1) is 0 Å². The van der Waals surface area contributed by atoms with E-state index in [-0.39, 0.29) is 18.1 Å². The van der Waals surface area contributed by atoms with Gasteiger partial charge in [-0.15, -0.1) is 0 Å². The lowest BCUT2D eigenvalue weighted by atomic mass is 10.1. The molecule has 3 aromatic rings. The Morgan fingerprint density at radius 1 is 1.24 bits per heavy atom. The molecule has 0 aliphatic heterocycles. The number of anilines is 1. The van der Waals surface area contributed by atoms with Gasteiger partial charge in [0.2, 0.25) is 0 Å². The van der Waals surface area contributed by atoms with Crippen molar-refractivity contribution in [3.63, 3.8) is 0 Å². The molecule has 0 saturated heterocycles. The number of nitrogens with one attached hydrogen (secondary N) is 2. The first-order valence-electron chi connectivity index (χ1n) is 8.57. The molecular formula is C19H21N5O. The molecule has 128 valence electrons. The van der Waals surface area contributed by atoms with Crippen molar-refractivity contribution in [2.45, 2.75) is 38.3 Å². The SMILES string of the molecule is CC(C)n1ncc2cc(NC(=O)N[C@@H]3C[C@H]3c3ccccc3)cnc21. The van der Waals surface area contributed by atoms with Gasteiger partial charge in [-0.2, -0.15) is 5.10 Å². The molecule has 2 aromatic heterocycles. The van der Waals surface area contributed by atoms with Crippen LogP contribution in [-0.2, 0) is 0 Å². The molecule has 2 heterocycles. The number of rotatable bonds is 4. The second-order valence-electron chi connectivity index (χ2n) is 6.78. The second kappa shape index (κ2) is 6.20. The van der Waals surface area contributed by atoms with Crippen molar-refractivity contribution in [3.05, 3.63) is 54.4 Å². The van der Waals surface area contributed by atoms with Crippen LogP contribution in [0.25, 0.3) is 11.0 Å². The monoisotopic (exact) mass is 335 g/mol.